The summed E-state index contributed by atoms with van der Waals surface area (Å²) < 4.78 is 21.8. The second-order valence-corrected chi connectivity index (χ2v) is 5.11. The molecule has 0 aliphatic carbocycles. The largest absolute Gasteiger partial charge is 0.390 e. The Hall–Kier alpha value is -0.620. The third kappa shape index (κ3) is 2.18. The molecular formula is C6H11NO4S. The number of aliphatic hydroxyl groups excluding tert-OH is 1. The van der Waals surface area contributed by atoms with Gasteiger partial charge in [0.2, 0.25) is 5.91 Å². The highest BCUT2D eigenvalue weighted by molar-refractivity contribution is 7.91. The second kappa shape index (κ2) is 3.02. The molecule has 0 aromatic carbocycles. The monoisotopic (exact) mass is 193 g/mol. The van der Waals surface area contributed by atoms with E-state index < -0.39 is 22.0 Å². The topological polar surface area (TPSA) is 83.5 Å². The predicted octanol–water partition coefficient (Wildman–Crippen LogP) is -1.72. The van der Waals surface area contributed by atoms with Gasteiger partial charge in [0.15, 0.2) is 9.84 Å². The molecule has 1 amide bonds. The van der Waals surface area contributed by atoms with E-state index in [1.807, 2.05) is 0 Å². The van der Waals surface area contributed by atoms with Crippen molar-refractivity contribution in [2.75, 3.05) is 11.5 Å². The van der Waals surface area contributed by atoms with E-state index in [0.717, 1.165) is 0 Å². The number of carbonyl (C=O) groups is 1. The minimum Gasteiger partial charge on any atom is -0.390 e. The van der Waals surface area contributed by atoms with Crippen LogP contribution in [0.5, 0.6) is 0 Å². The lowest BCUT2D eigenvalue weighted by Gasteiger charge is -2.12. The third-order valence-corrected chi connectivity index (χ3v) is 3.43. The Labute approximate surface area is 70.7 Å². The molecule has 1 rings (SSSR count). The summed E-state index contributed by atoms with van der Waals surface area (Å²) in [5, 5.41) is 11.6. The molecule has 2 N–H and O–H groups in total. The zero-order valence-corrected chi connectivity index (χ0v) is 7.47. The molecule has 1 aliphatic heterocycles. The molecule has 1 heterocycles. The summed E-state index contributed by atoms with van der Waals surface area (Å²) in [4.78, 5) is 10.5. The maximum atomic E-state index is 10.9. The average molecular weight is 193 g/mol. The van der Waals surface area contributed by atoms with Gasteiger partial charge >= 0.3 is 0 Å². The lowest BCUT2D eigenvalue weighted by atomic mass is 10.2. The van der Waals surface area contributed by atoms with Crippen LogP contribution in [0.3, 0.4) is 0 Å². The van der Waals surface area contributed by atoms with E-state index in [1.54, 1.807) is 0 Å². The number of aliphatic hydroxyl groups is 1. The van der Waals surface area contributed by atoms with Crippen LogP contribution >= 0.6 is 0 Å². The van der Waals surface area contributed by atoms with E-state index in [1.165, 1.54) is 6.92 Å². The fraction of sp³-hybridized carbons (Fsp3) is 0.833. The van der Waals surface area contributed by atoms with Crippen molar-refractivity contribution in [1.29, 1.82) is 0 Å². The maximum Gasteiger partial charge on any atom is 0.217 e. The van der Waals surface area contributed by atoms with Crippen molar-refractivity contribution in [3.8, 4) is 0 Å². The summed E-state index contributed by atoms with van der Waals surface area (Å²) in [6.07, 6.45) is -0.959. The lowest BCUT2D eigenvalue weighted by Crippen LogP contribution is -2.41. The fourth-order valence-corrected chi connectivity index (χ4v) is 2.97. The summed E-state index contributed by atoms with van der Waals surface area (Å²) in [6, 6.07) is -0.632. The summed E-state index contributed by atoms with van der Waals surface area (Å²) in [6.45, 7) is 1.29. The number of carbonyl (C=O) groups excluding carboxylic acids is 1. The highest BCUT2D eigenvalue weighted by Crippen LogP contribution is 2.11. The molecule has 0 unspecified atom stereocenters. The molecule has 0 spiro atoms. The standard InChI is InChI=1S/C6H11NO4S/c1-4(8)7-5-2-12(10,11)3-6(5)9/h5-6,9H,2-3H2,1H3,(H,7,8)/t5-,6-/m1/s1. The molecule has 70 valence electrons. The molecule has 12 heavy (non-hydrogen) atoms. The zero-order chi connectivity index (χ0) is 9.35. The Bertz CT molecular complexity index is 284. The van der Waals surface area contributed by atoms with E-state index in [2.05, 4.69) is 5.32 Å². The van der Waals surface area contributed by atoms with E-state index in [4.69, 9.17) is 0 Å². The molecule has 0 aromatic heterocycles. The van der Waals surface area contributed by atoms with Crippen LogP contribution < -0.4 is 5.32 Å². The fourth-order valence-electron chi connectivity index (χ4n) is 1.23. The van der Waals surface area contributed by atoms with Crippen LogP contribution in [0.2, 0.25) is 0 Å². The van der Waals surface area contributed by atoms with Gasteiger partial charge in [-0.1, -0.05) is 0 Å². The van der Waals surface area contributed by atoms with Gasteiger partial charge in [-0.05, 0) is 0 Å². The van der Waals surface area contributed by atoms with Gasteiger partial charge in [0.1, 0.15) is 0 Å². The number of amides is 1. The van der Waals surface area contributed by atoms with Gasteiger partial charge in [0.25, 0.3) is 0 Å². The Morgan fingerprint density at radius 1 is 1.50 bits per heavy atom. The molecule has 0 bridgehead atoms. The van der Waals surface area contributed by atoms with E-state index in [9.17, 15) is 18.3 Å². The molecule has 0 radical (unpaired) electrons. The first-order valence-electron chi connectivity index (χ1n) is 3.56. The summed E-state index contributed by atoms with van der Waals surface area (Å²) in [5.41, 5.74) is 0. The number of hydrogen-bond acceptors (Lipinski definition) is 4. The number of hydrogen-bond donors (Lipinski definition) is 2. The van der Waals surface area contributed by atoms with Gasteiger partial charge < -0.3 is 10.4 Å². The number of nitrogens with one attached hydrogen (secondary N) is 1. The molecule has 1 saturated heterocycles. The molecular weight excluding hydrogens is 182 g/mol. The van der Waals surface area contributed by atoms with Crippen LogP contribution in [0.1, 0.15) is 6.92 Å². The highest BCUT2D eigenvalue weighted by atomic mass is 32.2. The van der Waals surface area contributed by atoms with E-state index in [0.29, 0.717) is 0 Å². The van der Waals surface area contributed by atoms with Gasteiger partial charge in [-0.15, -0.1) is 0 Å². The van der Waals surface area contributed by atoms with Crippen molar-refractivity contribution in [3.05, 3.63) is 0 Å². The molecule has 0 saturated carbocycles. The van der Waals surface area contributed by atoms with Gasteiger partial charge in [-0.25, -0.2) is 8.42 Å². The summed E-state index contributed by atoms with van der Waals surface area (Å²) in [5.74, 6) is -0.734. The summed E-state index contributed by atoms with van der Waals surface area (Å²) >= 11 is 0. The molecule has 0 aromatic rings. The lowest BCUT2D eigenvalue weighted by molar-refractivity contribution is -0.120. The minimum atomic E-state index is -3.16. The van der Waals surface area contributed by atoms with Gasteiger partial charge in [0, 0.05) is 6.92 Å². The summed E-state index contributed by atoms with van der Waals surface area (Å²) in [7, 11) is -3.16. The first kappa shape index (κ1) is 9.47. The maximum absolute atomic E-state index is 10.9. The zero-order valence-electron chi connectivity index (χ0n) is 6.65. The Balaban J connectivity index is 2.64. The minimum absolute atomic E-state index is 0.159. The van der Waals surface area contributed by atoms with Gasteiger partial charge in [0.05, 0.1) is 23.7 Å². The van der Waals surface area contributed by atoms with Crippen LogP contribution in [0.15, 0.2) is 0 Å². The first-order valence-corrected chi connectivity index (χ1v) is 5.38. The van der Waals surface area contributed by atoms with Crippen LogP contribution in [-0.4, -0.2) is 43.1 Å². The SMILES string of the molecule is CC(=O)N[C@@H]1CS(=O)(=O)C[C@H]1O. The van der Waals surface area contributed by atoms with Crippen molar-refractivity contribution in [3.63, 3.8) is 0 Å². The average Bonchev–Trinajstić information content (AvgIpc) is 2.03. The van der Waals surface area contributed by atoms with Crippen LogP contribution in [0.25, 0.3) is 0 Å². The predicted molar refractivity (Wildman–Crippen MR) is 42.3 cm³/mol. The van der Waals surface area contributed by atoms with Crippen molar-refractivity contribution in [2.24, 2.45) is 0 Å². The smallest absolute Gasteiger partial charge is 0.217 e. The van der Waals surface area contributed by atoms with Crippen LogP contribution in [-0.2, 0) is 14.6 Å². The van der Waals surface area contributed by atoms with Crippen molar-refractivity contribution in [2.45, 2.75) is 19.1 Å². The van der Waals surface area contributed by atoms with Crippen LogP contribution in [0.4, 0.5) is 0 Å². The molecule has 1 aliphatic rings. The molecule has 1 fully saturated rings. The molecule has 5 nitrogen and oxygen atoms in total. The quantitative estimate of drug-likeness (QED) is 0.519. The normalized spacial score (nSPS) is 33.2. The van der Waals surface area contributed by atoms with E-state index >= 15 is 0 Å². The Morgan fingerprint density at radius 2 is 2.08 bits per heavy atom. The Morgan fingerprint density at radius 3 is 2.42 bits per heavy atom. The molecule has 2 atom stereocenters. The van der Waals surface area contributed by atoms with Gasteiger partial charge in [-0.3, -0.25) is 4.79 Å². The highest BCUT2D eigenvalue weighted by Gasteiger charge is 2.36. The first-order chi connectivity index (χ1) is 5.41. The Kier molecular flexibility index (Phi) is 2.39. The molecule has 6 heteroatoms. The third-order valence-electron chi connectivity index (χ3n) is 1.71. The van der Waals surface area contributed by atoms with Crippen molar-refractivity contribution >= 4 is 15.7 Å². The van der Waals surface area contributed by atoms with Crippen LogP contribution in [0, 0.1) is 0 Å². The van der Waals surface area contributed by atoms with Crippen molar-refractivity contribution in [1.82, 2.24) is 5.32 Å². The van der Waals surface area contributed by atoms with E-state index in [-0.39, 0.29) is 17.4 Å². The number of sulfone groups is 1. The van der Waals surface area contributed by atoms with Crippen molar-refractivity contribution < 1.29 is 18.3 Å². The second-order valence-electron chi connectivity index (χ2n) is 2.95. The number of rotatable bonds is 1. The van der Waals surface area contributed by atoms with Gasteiger partial charge in [-0.2, -0.15) is 0 Å².